The van der Waals surface area contributed by atoms with Gasteiger partial charge in [0, 0.05) is 12.6 Å². The zero-order chi connectivity index (χ0) is 14.4. The smallest absolute Gasteiger partial charge is 0.237 e. The number of hydrogen-bond donors (Lipinski definition) is 2. The van der Waals surface area contributed by atoms with Crippen LogP contribution in [0, 0.1) is 5.92 Å². The molecule has 1 saturated heterocycles. The summed E-state index contributed by atoms with van der Waals surface area (Å²) in [6.45, 7) is 8.72. The minimum Gasteiger partial charge on any atom is -0.352 e. The van der Waals surface area contributed by atoms with Gasteiger partial charge in [-0.2, -0.15) is 0 Å². The second-order valence-electron chi connectivity index (χ2n) is 6.52. The summed E-state index contributed by atoms with van der Waals surface area (Å²) in [5.74, 6) is 0.891. The highest BCUT2D eigenvalue weighted by Gasteiger charge is 2.23. The SMILES string of the molecule is CCN1CCC(CNC(C)C(=O)NC2CCCCC2)C1. The molecule has 0 aromatic carbocycles. The highest BCUT2D eigenvalue weighted by molar-refractivity contribution is 5.81. The van der Waals surface area contributed by atoms with Gasteiger partial charge in [0.15, 0.2) is 0 Å². The highest BCUT2D eigenvalue weighted by atomic mass is 16.2. The lowest BCUT2D eigenvalue weighted by atomic mass is 9.95. The van der Waals surface area contributed by atoms with Crippen LogP contribution in [-0.4, -0.2) is 49.1 Å². The molecule has 2 N–H and O–H groups in total. The van der Waals surface area contributed by atoms with E-state index in [2.05, 4.69) is 22.5 Å². The highest BCUT2D eigenvalue weighted by Crippen LogP contribution is 2.17. The Kier molecular flexibility index (Phi) is 6.30. The first-order chi connectivity index (χ1) is 9.69. The summed E-state index contributed by atoms with van der Waals surface area (Å²) in [5.41, 5.74) is 0. The Morgan fingerprint density at radius 1 is 1.25 bits per heavy atom. The first kappa shape index (κ1) is 15.8. The molecule has 0 aromatic heterocycles. The number of hydrogen-bond acceptors (Lipinski definition) is 3. The van der Waals surface area contributed by atoms with E-state index < -0.39 is 0 Å². The molecule has 1 heterocycles. The van der Waals surface area contributed by atoms with Crippen molar-refractivity contribution in [2.24, 2.45) is 5.92 Å². The molecular formula is C16H31N3O. The van der Waals surface area contributed by atoms with Gasteiger partial charge in [0.1, 0.15) is 0 Å². The van der Waals surface area contributed by atoms with Gasteiger partial charge in [-0.25, -0.2) is 0 Å². The summed E-state index contributed by atoms with van der Waals surface area (Å²) in [5, 5.41) is 6.62. The summed E-state index contributed by atoms with van der Waals surface area (Å²) in [7, 11) is 0. The van der Waals surface area contributed by atoms with Crippen molar-refractivity contribution in [3.63, 3.8) is 0 Å². The molecular weight excluding hydrogens is 250 g/mol. The maximum atomic E-state index is 12.2. The number of rotatable bonds is 6. The second kappa shape index (κ2) is 7.99. The molecule has 20 heavy (non-hydrogen) atoms. The van der Waals surface area contributed by atoms with Crippen LogP contribution in [0.5, 0.6) is 0 Å². The topological polar surface area (TPSA) is 44.4 Å². The number of amides is 1. The van der Waals surface area contributed by atoms with Crippen molar-refractivity contribution in [1.82, 2.24) is 15.5 Å². The number of likely N-dealkylation sites (tertiary alicyclic amines) is 1. The van der Waals surface area contributed by atoms with E-state index in [0.717, 1.165) is 25.9 Å². The third-order valence-electron chi connectivity index (χ3n) is 4.87. The third-order valence-corrected chi connectivity index (χ3v) is 4.87. The summed E-state index contributed by atoms with van der Waals surface area (Å²) in [4.78, 5) is 14.6. The largest absolute Gasteiger partial charge is 0.352 e. The third kappa shape index (κ3) is 4.74. The number of carbonyl (C=O) groups is 1. The molecule has 2 rings (SSSR count). The lowest BCUT2D eigenvalue weighted by Gasteiger charge is -2.25. The normalized spacial score (nSPS) is 26.6. The summed E-state index contributed by atoms with van der Waals surface area (Å²) in [6.07, 6.45) is 7.44. The van der Waals surface area contributed by atoms with E-state index in [1.165, 1.54) is 38.8 Å². The van der Waals surface area contributed by atoms with Crippen LogP contribution < -0.4 is 10.6 Å². The van der Waals surface area contributed by atoms with Crippen molar-refractivity contribution in [3.05, 3.63) is 0 Å². The Morgan fingerprint density at radius 2 is 2.00 bits per heavy atom. The molecule has 1 aliphatic heterocycles. The Hall–Kier alpha value is -0.610. The molecule has 0 bridgehead atoms. The van der Waals surface area contributed by atoms with Gasteiger partial charge >= 0.3 is 0 Å². The molecule has 0 aromatic rings. The first-order valence-corrected chi connectivity index (χ1v) is 8.45. The van der Waals surface area contributed by atoms with Gasteiger partial charge in [-0.05, 0) is 51.7 Å². The van der Waals surface area contributed by atoms with Crippen molar-refractivity contribution >= 4 is 5.91 Å². The Labute approximate surface area is 123 Å². The van der Waals surface area contributed by atoms with Gasteiger partial charge in [0.05, 0.1) is 6.04 Å². The fourth-order valence-corrected chi connectivity index (χ4v) is 3.38. The first-order valence-electron chi connectivity index (χ1n) is 8.45. The van der Waals surface area contributed by atoms with Crippen LogP contribution in [0.1, 0.15) is 52.4 Å². The predicted molar refractivity (Wildman–Crippen MR) is 82.7 cm³/mol. The lowest BCUT2D eigenvalue weighted by Crippen LogP contribution is -2.47. The second-order valence-corrected chi connectivity index (χ2v) is 6.52. The molecule has 1 amide bonds. The van der Waals surface area contributed by atoms with Crippen LogP contribution in [0.15, 0.2) is 0 Å². The molecule has 2 unspecified atom stereocenters. The minimum atomic E-state index is -0.0624. The van der Waals surface area contributed by atoms with Crippen molar-refractivity contribution in [1.29, 1.82) is 0 Å². The van der Waals surface area contributed by atoms with E-state index in [0.29, 0.717) is 12.0 Å². The molecule has 4 heteroatoms. The molecule has 0 radical (unpaired) electrons. The zero-order valence-corrected chi connectivity index (χ0v) is 13.2. The minimum absolute atomic E-state index is 0.0624. The van der Waals surface area contributed by atoms with Gasteiger partial charge < -0.3 is 15.5 Å². The van der Waals surface area contributed by atoms with E-state index in [9.17, 15) is 4.79 Å². The maximum absolute atomic E-state index is 12.2. The van der Waals surface area contributed by atoms with Crippen LogP contribution in [0.2, 0.25) is 0 Å². The van der Waals surface area contributed by atoms with Crippen molar-refractivity contribution in [2.75, 3.05) is 26.2 Å². The molecule has 2 atom stereocenters. The molecule has 116 valence electrons. The van der Waals surface area contributed by atoms with Crippen molar-refractivity contribution in [2.45, 2.75) is 64.5 Å². The van der Waals surface area contributed by atoms with Crippen LogP contribution in [0.4, 0.5) is 0 Å². The molecule has 2 aliphatic rings. The maximum Gasteiger partial charge on any atom is 0.237 e. The average Bonchev–Trinajstić information content (AvgIpc) is 2.93. The predicted octanol–water partition coefficient (Wildman–Crippen LogP) is 1.76. The van der Waals surface area contributed by atoms with Crippen LogP contribution in [0.25, 0.3) is 0 Å². The number of nitrogens with one attached hydrogen (secondary N) is 2. The monoisotopic (exact) mass is 281 g/mol. The van der Waals surface area contributed by atoms with Crippen LogP contribution in [-0.2, 0) is 4.79 Å². The Morgan fingerprint density at radius 3 is 2.65 bits per heavy atom. The van der Waals surface area contributed by atoms with Crippen molar-refractivity contribution in [3.8, 4) is 0 Å². The molecule has 0 spiro atoms. The number of nitrogens with zero attached hydrogens (tertiary/aromatic N) is 1. The van der Waals surface area contributed by atoms with Crippen LogP contribution >= 0.6 is 0 Å². The summed E-state index contributed by atoms with van der Waals surface area (Å²) in [6, 6.07) is 0.357. The summed E-state index contributed by atoms with van der Waals surface area (Å²) < 4.78 is 0. The van der Waals surface area contributed by atoms with Gasteiger partial charge in [-0.3, -0.25) is 4.79 Å². The molecule has 2 fully saturated rings. The van der Waals surface area contributed by atoms with Crippen molar-refractivity contribution < 1.29 is 4.79 Å². The fraction of sp³-hybridized carbons (Fsp3) is 0.938. The van der Waals surface area contributed by atoms with Gasteiger partial charge in [-0.1, -0.05) is 26.2 Å². The van der Waals surface area contributed by atoms with Gasteiger partial charge in [0.2, 0.25) is 5.91 Å². The quantitative estimate of drug-likeness (QED) is 0.780. The van der Waals surface area contributed by atoms with E-state index in [4.69, 9.17) is 0 Å². The van der Waals surface area contributed by atoms with E-state index >= 15 is 0 Å². The molecule has 1 aliphatic carbocycles. The molecule has 1 saturated carbocycles. The van der Waals surface area contributed by atoms with E-state index in [1.807, 2.05) is 6.92 Å². The standard InChI is InChI=1S/C16H31N3O/c1-3-19-10-9-14(12-19)11-17-13(2)16(20)18-15-7-5-4-6-8-15/h13-15,17H,3-12H2,1-2H3,(H,18,20). The van der Waals surface area contributed by atoms with Gasteiger partial charge in [0.25, 0.3) is 0 Å². The zero-order valence-electron chi connectivity index (χ0n) is 13.2. The van der Waals surface area contributed by atoms with E-state index in [1.54, 1.807) is 0 Å². The Balaban J connectivity index is 1.63. The van der Waals surface area contributed by atoms with Gasteiger partial charge in [-0.15, -0.1) is 0 Å². The molecule has 4 nitrogen and oxygen atoms in total. The van der Waals surface area contributed by atoms with E-state index in [-0.39, 0.29) is 11.9 Å². The number of carbonyl (C=O) groups excluding carboxylic acids is 1. The van der Waals surface area contributed by atoms with Crippen LogP contribution in [0.3, 0.4) is 0 Å². The Bertz CT molecular complexity index is 302. The lowest BCUT2D eigenvalue weighted by molar-refractivity contribution is -0.123. The fourth-order valence-electron chi connectivity index (χ4n) is 3.38. The average molecular weight is 281 g/mol. The summed E-state index contributed by atoms with van der Waals surface area (Å²) >= 11 is 0.